The molecule has 0 unspecified atom stereocenters. The van der Waals surface area contributed by atoms with Crippen molar-refractivity contribution in [3.63, 3.8) is 0 Å². The lowest BCUT2D eigenvalue weighted by molar-refractivity contribution is 0.259. The van der Waals surface area contributed by atoms with Crippen LogP contribution in [0.25, 0.3) is 0 Å². The molecule has 6 heteroatoms. The standard InChI is InChI=1S/C11H14BrFN2O2/c1-6(2)5-17-8-4-3-7(11(14)15-16)9(12)10(8)13/h3-4,6,16H,5H2,1-2H3,(H2,14,15). The van der Waals surface area contributed by atoms with E-state index in [1.165, 1.54) is 12.1 Å². The summed E-state index contributed by atoms with van der Waals surface area (Å²) in [7, 11) is 0. The molecule has 0 atom stereocenters. The van der Waals surface area contributed by atoms with E-state index in [9.17, 15) is 4.39 Å². The van der Waals surface area contributed by atoms with Crippen LogP contribution in [0.15, 0.2) is 21.8 Å². The van der Waals surface area contributed by atoms with Crippen LogP contribution in [-0.4, -0.2) is 17.6 Å². The fourth-order valence-corrected chi connectivity index (χ4v) is 1.68. The fraction of sp³-hybridized carbons (Fsp3) is 0.364. The second-order valence-corrected chi connectivity index (χ2v) is 4.72. The first-order valence-corrected chi connectivity index (χ1v) is 5.85. The van der Waals surface area contributed by atoms with Gasteiger partial charge in [0.2, 0.25) is 0 Å². The van der Waals surface area contributed by atoms with Gasteiger partial charge in [0, 0.05) is 5.56 Å². The van der Waals surface area contributed by atoms with Gasteiger partial charge >= 0.3 is 0 Å². The molecule has 0 aliphatic rings. The Balaban J connectivity index is 3.02. The molecule has 0 aliphatic heterocycles. The van der Waals surface area contributed by atoms with Crippen LogP contribution in [0, 0.1) is 11.7 Å². The molecule has 17 heavy (non-hydrogen) atoms. The fourth-order valence-electron chi connectivity index (χ4n) is 1.15. The highest BCUT2D eigenvalue weighted by Crippen LogP contribution is 2.28. The van der Waals surface area contributed by atoms with Crippen molar-refractivity contribution < 1.29 is 14.3 Å². The van der Waals surface area contributed by atoms with Crippen LogP contribution in [0.3, 0.4) is 0 Å². The molecule has 0 saturated heterocycles. The van der Waals surface area contributed by atoms with Crippen molar-refractivity contribution in [2.24, 2.45) is 16.8 Å². The molecule has 0 spiro atoms. The van der Waals surface area contributed by atoms with Gasteiger partial charge in [0.25, 0.3) is 0 Å². The molecule has 0 bridgehead atoms. The first-order valence-electron chi connectivity index (χ1n) is 5.06. The van der Waals surface area contributed by atoms with E-state index in [0.717, 1.165) is 0 Å². The highest BCUT2D eigenvalue weighted by molar-refractivity contribution is 9.10. The number of halogens is 2. The Bertz CT molecular complexity index is 436. The molecular weight excluding hydrogens is 291 g/mol. The predicted molar refractivity (Wildman–Crippen MR) is 66.9 cm³/mol. The number of oxime groups is 1. The van der Waals surface area contributed by atoms with Crippen molar-refractivity contribution in [3.05, 3.63) is 28.0 Å². The van der Waals surface area contributed by atoms with Gasteiger partial charge in [-0.1, -0.05) is 19.0 Å². The second kappa shape index (κ2) is 5.86. The van der Waals surface area contributed by atoms with Crippen LogP contribution in [0.4, 0.5) is 4.39 Å². The highest BCUT2D eigenvalue weighted by atomic mass is 79.9. The third-order valence-corrected chi connectivity index (χ3v) is 2.78. The molecule has 0 amide bonds. The van der Waals surface area contributed by atoms with Gasteiger partial charge in [-0.05, 0) is 34.0 Å². The molecule has 3 N–H and O–H groups in total. The van der Waals surface area contributed by atoms with Crippen molar-refractivity contribution in [2.75, 3.05) is 6.61 Å². The van der Waals surface area contributed by atoms with Gasteiger partial charge in [0.05, 0.1) is 11.1 Å². The Hall–Kier alpha value is -1.30. The second-order valence-electron chi connectivity index (χ2n) is 3.93. The van der Waals surface area contributed by atoms with Gasteiger partial charge in [-0.2, -0.15) is 0 Å². The summed E-state index contributed by atoms with van der Waals surface area (Å²) in [4.78, 5) is 0. The average molecular weight is 305 g/mol. The third-order valence-electron chi connectivity index (χ3n) is 2.00. The number of amidine groups is 1. The summed E-state index contributed by atoms with van der Waals surface area (Å²) < 4.78 is 19.3. The van der Waals surface area contributed by atoms with Crippen LogP contribution in [0.2, 0.25) is 0 Å². The molecule has 0 aliphatic carbocycles. The van der Waals surface area contributed by atoms with Gasteiger partial charge in [-0.15, -0.1) is 0 Å². The Morgan fingerprint density at radius 1 is 1.59 bits per heavy atom. The van der Waals surface area contributed by atoms with Crippen LogP contribution >= 0.6 is 15.9 Å². The lowest BCUT2D eigenvalue weighted by Gasteiger charge is -2.12. The zero-order chi connectivity index (χ0) is 13.0. The van der Waals surface area contributed by atoms with Crippen molar-refractivity contribution in [1.29, 1.82) is 0 Å². The van der Waals surface area contributed by atoms with Crippen molar-refractivity contribution >= 4 is 21.8 Å². The first-order chi connectivity index (χ1) is 7.97. The summed E-state index contributed by atoms with van der Waals surface area (Å²) in [6.07, 6.45) is 0. The van der Waals surface area contributed by atoms with Gasteiger partial charge < -0.3 is 15.7 Å². The average Bonchev–Trinajstić information content (AvgIpc) is 2.30. The minimum Gasteiger partial charge on any atom is -0.490 e. The molecule has 0 radical (unpaired) electrons. The summed E-state index contributed by atoms with van der Waals surface area (Å²) in [6.45, 7) is 4.36. The molecule has 4 nitrogen and oxygen atoms in total. The van der Waals surface area contributed by atoms with E-state index in [1.807, 2.05) is 13.8 Å². The molecule has 94 valence electrons. The Kier molecular flexibility index (Phi) is 4.74. The number of nitrogens with zero attached hydrogens (tertiary/aromatic N) is 1. The quantitative estimate of drug-likeness (QED) is 0.389. The Morgan fingerprint density at radius 3 is 2.76 bits per heavy atom. The van der Waals surface area contributed by atoms with E-state index in [1.54, 1.807) is 0 Å². The van der Waals surface area contributed by atoms with Crippen LogP contribution in [0.5, 0.6) is 5.75 Å². The maximum absolute atomic E-state index is 13.8. The maximum Gasteiger partial charge on any atom is 0.179 e. The highest BCUT2D eigenvalue weighted by Gasteiger charge is 2.15. The molecule has 1 aromatic rings. The van der Waals surface area contributed by atoms with Gasteiger partial charge in [-0.3, -0.25) is 0 Å². The van der Waals surface area contributed by atoms with Crippen molar-refractivity contribution in [1.82, 2.24) is 0 Å². The van der Waals surface area contributed by atoms with E-state index in [0.29, 0.717) is 12.5 Å². The zero-order valence-electron chi connectivity index (χ0n) is 9.58. The van der Waals surface area contributed by atoms with Gasteiger partial charge in [0.15, 0.2) is 17.4 Å². The number of rotatable bonds is 4. The predicted octanol–water partition coefficient (Wildman–Crippen LogP) is 2.72. The molecule has 1 aromatic carbocycles. The number of hydrogen-bond donors (Lipinski definition) is 2. The lowest BCUT2D eigenvalue weighted by atomic mass is 10.2. The van der Waals surface area contributed by atoms with E-state index in [4.69, 9.17) is 15.7 Å². The van der Waals surface area contributed by atoms with Crippen molar-refractivity contribution in [2.45, 2.75) is 13.8 Å². The Morgan fingerprint density at radius 2 is 2.24 bits per heavy atom. The lowest BCUT2D eigenvalue weighted by Crippen LogP contribution is -2.15. The largest absolute Gasteiger partial charge is 0.490 e. The molecule has 0 heterocycles. The van der Waals surface area contributed by atoms with E-state index < -0.39 is 5.82 Å². The Labute approximate surface area is 107 Å². The molecule has 0 saturated carbocycles. The minimum atomic E-state index is -0.560. The zero-order valence-corrected chi connectivity index (χ0v) is 11.2. The smallest absolute Gasteiger partial charge is 0.179 e. The normalized spacial score (nSPS) is 11.9. The number of benzene rings is 1. The summed E-state index contributed by atoms with van der Waals surface area (Å²) in [5, 5.41) is 11.4. The maximum atomic E-state index is 13.8. The summed E-state index contributed by atoms with van der Waals surface area (Å²) >= 11 is 3.05. The van der Waals surface area contributed by atoms with E-state index in [-0.39, 0.29) is 21.6 Å². The third kappa shape index (κ3) is 3.33. The molecular formula is C11H14BrFN2O2. The number of nitrogens with two attached hydrogens (primary N) is 1. The van der Waals surface area contributed by atoms with E-state index in [2.05, 4.69) is 21.1 Å². The van der Waals surface area contributed by atoms with Crippen molar-refractivity contribution in [3.8, 4) is 5.75 Å². The summed E-state index contributed by atoms with van der Waals surface area (Å²) in [5.41, 5.74) is 5.68. The van der Waals surface area contributed by atoms with Gasteiger partial charge in [-0.25, -0.2) is 4.39 Å². The SMILES string of the molecule is CC(C)COc1ccc(/C(N)=N/O)c(Br)c1F. The number of hydrogen-bond acceptors (Lipinski definition) is 3. The summed E-state index contributed by atoms with van der Waals surface area (Å²) in [5.74, 6) is -0.280. The molecule has 1 rings (SSSR count). The first kappa shape index (κ1) is 13.8. The molecule has 0 fully saturated rings. The molecule has 0 aromatic heterocycles. The van der Waals surface area contributed by atoms with Crippen LogP contribution in [0.1, 0.15) is 19.4 Å². The number of ether oxygens (including phenoxy) is 1. The minimum absolute atomic E-state index is 0.119. The van der Waals surface area contributed by atoms with Gasteiger partial charge in [0.1, 0.15) is 0 Å². The van der Waals surface area contributed by atoms with E-state index >= 15 is 0 Å². The monoisotopic (exact) mass is 304 g/mol. The topological polar surface area (TPSA) is 67.8 Å². The van der Waals surface area contributed by atoms with Crippen LogP contribution in [-0.2, 0) is 0 Å². The summed E-state index contributed by atoms with van der Waals surface area (Å²) in [6, 6.07) is 2.98. The van der Waals surface area contributed by atoms with Crippen LogP contribution < -0.4 is 10.5 Å².